The van der Waals surface area contributed by atoms with Crippen LogP contribution in [0.4, 0.5) is 4.39 Å². The van der Waals surface area contributed by atoms with Gasteiger partial charge in [-0.15, -0.1) is 11.6 Å². The molecule has 2 aromatic heterocycles. The molecule has 3 heterocycles. The number of aromatic hydroxyl groups is 1. The number of halogens is 2. The molecule has 1 aliphatic rings. The molecule has 3 aromatic rings. The van der Waals surface area contributed by atoms with E-state index in [0.717, 1.165) is 4.57 Å². The Morgan fingerprint density at radius 1 is 1.42 bits per heavy atom. The molecule has 0 aliphatic carbocycles. The van der Waals surface area contributed by atoms with E-state index in [9.17, 15) is 24.2 Å². The second-order valence-corrected chi connectivity index (χ2v) is 7.68. The Morgan fingerprint density at radius 2 is 2.21 bits per heavy atom. The van der Waals surface area contributed by atoms with E-state index in [-0.39, 0.29) is 31.4 Å². The number of carbonyl (C=O) groups excluding carboxylic acids is 1. The van der Waals surface area contributed by atoms with Crippen LogP contribution in [0.5, 0.6) is 5.75 Å². The Labute approximate surface area is 191 Å². The fraction of sp³-hybridized carbons (Fsp3) is 0.350. The molecule has 11 nitrogen and oxygen atoms in total. The van der Waals surface area contributed by atoms with Crippen molar-refractivity contribution >= 4 is 17.5 Å². The molecular formula is C20H20ClFN6O5. The van der Waals surface area contributed by atoms with Crippen LogP contribution < -0.4 is 10.9 Å². The average molecular weight is 479 g/mol. The van der Waals surface area contributed by atoms with E-state index < -0.39 is 40.9 Å². The van der Waals surface area contributed by atoms with Gasteiger partial charge in [0.1, 0.15) is 23.8 Å². The zero-order valence-corrected chi connectivity index (χ0v) is 18.2. The molecule has 4 rings (SSSR count). The molecule has 1 unspecified atom stereocenters. The molecule has 0 bridgehead atoms. The van der Waals surface area contributed by atoms with Crippen molar-refractivity contribution in [3.05, 3.63) is 63.6 Å². The van der Waals surface area contributed by atoms with Gasteiger partial charge in [0.2, 0.25) is 5.75 Å². The highest BCUT2D eigenvalue weighted by Gasteiger charge is 2.41. The number of amides is 1. The van der Waals surface area contributed by atoms with E-state index in [4.69, 9.17) is 16.3 Å². The number of nitrogens with zero attached hydrogens (tertiary/aromatic N) is 5. The first-order valence-electron chi connectivity index (χ1n) is 9.90. The molecular weight excluding hydrogens is 459 g/mol. The summed E-state index contributed by atoms with van der Waals surface area (Å²) in [5.41, 5.74) is -2.03. The lowest BCUT2D eigenvalue weighted by molar-refractivity contribution is -0.0980. The van der Waals surface area contributed by atoms with Crippen LogP contribution in [0.15, 0.2) is 29.3 Å². The van der Waals surface area contributed by atoms with Gasteiger partial charge in [-0.2, -0.15) is 5.10 Å². The normalized spacial score (nSPS) is 17.6. The van der Waals surface area contributed by atoms with Gasteiger partial charge in [-0.1, -0.05) is 6.07 Å². The van der Waals surface area contributed by atoms with Gasteiger partial charge in [0.05, 0.1) is 31.3 Å². The minimum absolute atomic E-state index is 0.0558. The summed E-state index contributed by atoms with van der Waals surface area (Å²) in [5, 5.41) is 26.9. The van der Waals surface area contributed by atoms with Crippen molar-refractivity contribution in [3.8, 4) is 11.4 Å². The van der Waals surface area contributed by atoms with E-state index in [0.29, 0.717) is 17.1 Å². The first-order valence-corrected chi connectivity index (χ1v) is 10.4. The number of ether oxygens (including phenoxy) is 1. The molecule has 0 radical (unpaired) electrons. The van der Waals surface area contributed by atoms with Crippen LogP contribution in [0.3, 0.4) is 0 Å². The average Bonchev–Trinajstić information content (AvgIpc) is 3.26. The van der Waals surface area contributed by atoms with Gasteiger partial charge < -0.3 is 20.3 Å². The lowest BCUT2D eigenvalue weighted by Crippen LogP contribution is -2.48. The molecule has 0 saturated heterocycles. The van der Waals surface area contributed by atoms with Crippen molar-refractivity contribution in [2.45, 2.75) is 25.6 Å². The van der Waals surface area contributed by atoms with Crippen LogP contribution in [0.25, 0.3) is 5.69 Å². The molecule has 0 fully saturated rings. The quantitative estimate of drug-likeness (QED) is 0.431. The zero-order valence-electron chi connectivity index (χ0n) is 17.5. The SMILES string of the molecule is Cc1ncn(-c2cc(F)ccc2CNC(=O)c2nc3n(c(=O)c2O)CCOC3(CO)CCl)n1. The van der Waals surface area contributed by atoms with Crippen LogP contribution in [-0.2, 0) is 23.4 Å². The standard InChI is InChI=1S/C20H20ClFN6O5/c1-11-24-10-28(26-11)14-6-13(22)3-2-12(14)7-23-17(31)15-16(30)18(32)27-4-5-33-20(8-21,9-29)19(27)25-15/h2-3,6,10,29-30H,4-5,7-9H2,1H3,(H,23,31). The van der Waals surface area contributed by atoms with E-state index in [1.165, 1.54) is 29.2 Å². The fourth-order valence-corrected chi connectivity index (χ4v) is 3.81. The maximum absolute atomic E-state index is 13.8. The summed E-state index contributed by atoms with van der Waals surface area (Å²) >= 11 is 5.97. The number of nitrogens with one attached hydrogen (secondary N) is 1. The smallest absolute Gasteiger partial charge is 0.296 e. The number of aliphatic hydroxyl groups excluding tert-OH is 1. The minimum atomic E-state index is -1.49. The molecule has 1 atom stereocenters. The van der Waals surface area contributed by atoms with Crippen molar-refractivity contribution in [2.24, 2.45) is 0 Å². The Hall–Kier alpha value is -3.35. The van der Waals surface area contributed by atoms with Gasteiger partial charge in [0.25, 0.3) is 11.5 Å². The monoisotopic (exact) mass is 478 g/mol. The number of alkyl halides is 1. The van der Waals surface area contributed by atoms with Gasteiger partial charge in [0.15, 0.2) is 11.3 Å². The third-order valence-electron chi connectivity index (χ3n) is 5.27. The van der Waals surface area contributed by atoms with Crippen LogP contribution in [0, 0.1) is 12.7 Å². The largest absolute Gasteiger partial charge is 0.501 e. The van der Waals surface area contributed by atoms with Crippen LogP contribution in [-0.4, -0.2) is 59.5 Å². The van der Waals surface area contributed by atoms with Gasteiger partial charge in [-0.05, 0) is 24.6 Å². The van der Waals surface area contributed by atoms with Crippen molar-refractivity contribution in [3.63, 3.8) is 0 Å². The van der Waals surface area contributed by atoms with Crippen molar-refractivity contribution in [1.82, 2.24) is 29.6 Å². The number of hydrogen-bond donors (Lipinski definition) is 3. The predicted molar refractivity (Wildman–Crippen MR) is 113 cm³/mol. The summed E-state index contributed by atoms with van der Waals surface area (Å²) < 4.78 is 21.9. The maximum atomic E-state index is 13.8. The van der Waals surface area contributed by atoms with E-state index >= 15 is 0 Å². The van der Waals surface area contributed by atoms with E-state index in [1.807, 2.05) is 0 Å². The zero-order chi connectivity index (χ0) is 23.8. The van der Waals surface area contributed by atoms with E-state index in [1.54, 1.807) is 6.92 Å². The lowest BCUT2D eigenvalue weighted by atomic mass is 10.0. The van der Waals surface area contributed by atoms with Gasteiger partial charge in [-0.3, -0.25) is 14.2 Å². The molecule has 1 aromatic carbocycles. The molecule has 0 saturated carbocycles. The molecule has 33 heavy (non-hydrogen) atoms. The number of carbonyl (C=O) groups is 1. The predicted octanol–water partition coefficient (Wildman–Crippen LogP) is 0.364. The number of fused-ring (bicyclic) bond motifs is 1. The number of aromatic nitrogens is 5. The van der Waals surface area contributed by atoms with Crippen molar-refractivity contribution in [2.75, 3.05) is 19.1 Å². The number of aliphatic hydroxyl groups is 1. The summed E-state index contributed by atoms with van der Waals surface area (Å²) in [5.74, 6) is -2.00. The van der Waals surface area contributed by atoms with Gasteiger partial charge in [0, 0.05) is 6.54 Å². The highest BCUT2D eigenvalue weighted by atomic mass is 35.5. The van der Waals surface area contributed by atoms with Crippen LogP contribution in [0.1, 0.15) is 27.7 Å². The Morgan fingerprint density at radius 3 is 2.88 bits per heavy atom. The van der Waals surface area contributed by atoms with Crippen molar-refractivity contribution in [1.29, 1.82) is 0 Å². The third kappa shape index (κ3) is 4.08. The Bertz CT molecular complexity index is 1270. The number of aryl methyl sites for hydroxylation is 1. The minimum Gasteiger partial charge on any atom is -0.501 e. The third-order valence-corrected chi connectivity index (χ3v) is 5.70. The van der Waals surface area contributed by atoms with Gasteiger partial charge in [-0.25, -0.2) is 19.0 Å². The van der Waals surface area contributed by atoms with Crippen LogP contribution >= 0.6 is 11.6 Å². The Kier molecular flexibility index (Phi) is 6.15. The van der Waals surface area contributed by atoms with Gasteiger partial charge >= 0.3 is 0 Å². The second kappa shape index (κ2) is 8.89. The number of benzene rings is 1. The van der Waals surface area contributed by atoms with Crippen LogP contribution in [0.2, 0.25) is 0 Å². The summed E-state index contributed by atoms with van der Waals surface area (Å²) in [7, 11) is 0. The summed E-state index contributed by atoms with van der Waals surface area (Å²) in [6.45, 7) is 1.15. The highest BCUT2D eigenvalue weighted by Crippen LogP contribution is 2.29. The molecule has 1 aliphatic heterocycles. The lowest BCUT2D eigenvalue weighted by Gasteiger charge is -2.35. The Balaban J connectivity index is 1.66. The number of hydrogen-bond acceptors (Lipinski definition) is 8. The second-order valence-electron chi connectivity index (χ2n) is 7.42. The topological polar surface area (TPSA) is 144 Å². The summed E-state index contributed by atoms with van der Waals surface area (Å²) in [4.78, 5) is 33.7. The summed E-state index contributed by atoms with van der Waals surface area (Å²) in [6, 6.07) is 3.93. The molecule has 174 valence electrons. The number of rotatable bonds is 6. The summed E-state index contributed by atoms with van der Waals surface area (Å²) in [6.07, 6.45) is 1.41. The molecule has 3 N–H and O–H groups in total. The molecule has 0 spiro atoms. The molecule has 1 amide bonds. The fourth-order valence-electron chi connectivity index (χ4n) is 3.53. The maximum Gasteiger partial charge on any atom is 0.296 e. The highest BCUT2D eigenvalue weighted by molar-refractivity contribution is 6.18. The van der Waals surface area contributed by atoms with Crippen molar-refractivity contribution < 1.29 is 24.1 Å². The first kappa shape index (κ1) is 22.8. The van der Waals surface area contributed by atoms with E-state index in [2.05, 4.69) is 20.4 Å². The first-order chi connectivity index (χ1) is 15.8. The molecule has 13 heteroatoms.